The van der Waals surface area contributed by atoms with Gasteiger partial charge in [0, 0.05) is 12.1 Å². The fourth-order valence-electron chi connectivity index (χ4n) is 2.26. The van der Waals surface area contributed by atoms with Crippen LogP contribution in [0.4, 0.5) is 0 Å². The highest BCUT2D eigenvalue weighted by molar-refractivity contribution is 5.67. The summed E-state index contributed by atoms with van der Waals surface area (Å²) in [6.07, 6.45) is 4.88. The Kier molecular flexibility index (Phi) is 4.39. The van der Waals surface area contributed by atoms with Gasteiger partial charge in [-0.1, -0.05) is 13.3 Å². The van der Waals surface area contributed by atoms with Crippen LogP contribution in [-0.2, 0) is 4.79 Å². The van der Waals surface area contributed by atoms with Gasteiger partial charge in [0.2, 0.25) is 0 Å². The van der Waals surface area contributed by atoms with Crippen molar-refractivity contribution in [3.8, 4) is 0 Å². The Hall–Kier alpha value is -0.570. The molecular weight excluding hydrogens is 178 g/mol. The fourth-order valence-corrected chi connectivity index (χ4v) is 2.26. The lowest BCUT2D eigenvalue weighted by Crippen LogP contribution is -2.45. The molecule has 0 bridgehead atoms. The highest BCUT2D eigenvalue weighted by Crippen LogP contribution is 2.22. The molecule has 2 atom stereocenters. The van der Waals surface area contributed by atoms with Crippen molar-refractivity contribution in [2.24, 2.45) is 0 Å². The maximum Gasteiger partial charge on any atom is 0.304 e. The van der Waals surface area contributed by atoms with E-state index in [1.807, 2.05) is 0 Å². The minimum atomic E-state index is -0.662. The smallest absolute Gasteiger partial charge is 0.304 e. The first-order valence-corrected chi connectivity index (χ1v) is 5.62. The van der Waals surface area contributed by atoms with Crippen LogP contribution in [0.1, 0.15) is 46.0 Å². The molecule has 1 rings (SSSR count). The molecule has 3 heteroatoms. The minimum Gasteiger partial charge on any atom is -0.481 e. The molecule has 0 aromatic rings. The molecule has 0 aromatic carbocycles. The van der Waals surface area contributed by atoms with Crippen LogP contribution < -0.4 is 0 Å². The van der Waals surface area contributed by atoms with Crippen molar-refractivity contribution >= 4 is 5.97 Å². The molecule has 3 nitrogen and oxygen atoms in total. The van der Waals surface area contributed by atoms with Crippen LogP contribution in [0.3, 0.4) is 0 Å². The van der Waals surface area contributed by atoms with Gasteiger partial charge in [0.1, 0.15) is 0 Å². The maximum absolute atomic E-state index is 10.7. The zero-order chi connectivity index (χ0) is 10.6. The monoisotopic (exact) mass is 199 g/mol. The second-order valence-corrected chi connectivity index (χ2v) is 4.24. The van der Waals surface area contributed by atoms with Gasteiger partial charge >= 0.3 is 5.97 Å². The topological polar surface area (TPSA) is 40.5 Å². The van der Waals surface area contributed by atoms with Crippen LogP contribution in [0.15, 0.2) is 0 Å². The number of carboxylic acid groups (broad SMARTS) is 1. The van der Waals surface area contributed by atoms with Crippen LogP contribution >= 0.6 is 0 Å². The molecule has 0 amide bonds. The predicted molar refractivity (Wildman–Crippen MR) is 56.4 cm³/mol. The Morgan fingerprint density at radius 1 is 1.57 bits per heavy atom. The Bertz CT molecular complexity index is 194. The highest BCUT2D eigenvalue weighted by Gasteiger charge is 2.27. The van der Waals surface area contributed by atoms with Gasteiger partial charge in [0.15, 0.2) is 0 Å². The summed E-state index contributed by atoms with van der Waals surface area (Å²) >= 11 is 0. The molecule has 1 unspecified atom stereocenters. The lowest BCUT2D eigenvalue weighted by Gasteiger charge is -2.39. The summed E-state index contributed by atoms with van der Waals surface area (Å²) in [4.78, 5) is 13.1. The first kappa shape index (κ1) is 11.5. The molecule has 1 aliphatic rings. The van der Waals surface area contributed by atoms with Crippen LogP contribution in [0.2, 0.25) is 0 Å². The van der Waals surface area contributed by atoms with Gasteiger partial charge in [-0.05, 0) is 32.7 Å². The molecule has 1 heterocycles. The fraction of sp³-hybridized carbons (Fsp3) is 0.909. The molecule has 0 aliphatic carbocycles. The number of piperidine rings is 1. The van der Waals surface area contributed by atoms with Crippen LogP contribution in [-0.4, -0.2) is 34.6 Å². The first-order chi connectivity index (χ1) is 6.65. The maximum atomic E-state index is 10.7. The van der Waals surface area contributed by atoms with Gasteiger partial charge in [0.05, 0.1) is 6.42 Å². The van der Waals surface area contributed by atoms with E-state index in [0.29, 0.717) is 12.5 Å². The van der Waals surface area contributed by atoms with Gasteiger partial charge < -0.3 is 5.11 Å². The van der Waals surface area contributed by atoms with Crippen molar-refractivity contribution in [3.63, 3.8) is 0 Å². The van der Waals surface area contributed by atoms with E-state index in [-0.39, 0.29) is 6.04 Å². The zero-order valence-corrected chi connectivity index (χ0v) is 9.20. The molecule has 0 aromatic heterocycles. The van der Waals surface area contributed by atoms with E-state index >= 15 is 0 Å². The molecule has 0 radical (unpaired) electrons. The van der Waals surface area contributed by atoms with Crippen LogP contribution in [0, 0.1) is 0 Å². The molecule has 1 saturated heterocycles. The van der Waals surface area contributed by atoms with E-state index in [9.17, 15) is 4.79 Å². The summed E-state index contributed by atoms with van der Waals surface area (Å²) in [5.41, 5.74) is 0. The van der Waals surface area contributed by atoms with Crippen molar-refractivity contribution in [1.82, 2.24) is 4.90 Å². The summed E-state index contributed by atoms with van der Waals surface area (Å²) in [7, 11) is 0. The molecule has 0 spiro atoms. The summed E-state index contributed by atoms with van der Waals surface area (Å²) in [6, 6.07) is 0.802. The third-order valence-corrected chi connectivity index (χ3v) is 3.24. The van der Waals surface area contributed by atoms with Crippen molar-refractivity contribution in [2.45, 2.75) is 58.0 Å². The number of rotatable bonds is 4. The standard InChI is InChI=1S/C11H21NO2/c1-3-9(2)12-7-5-4-6-10(12)8-11(13)14/h9-10H,3-8H2,1-2H3,(H,13,14)/t9?,10-/m1/s1. The number of nitrogens with zero attached hydrogens (tertiary/aromatic N) is 1. The molecule has 0 saturated carbocycles. The lowest BCUT2D eigenvalue weighted by atomic mass is 9.97. The van der Waals surface area contributed by atoms with Crippen molar-refractivity contribution in [2.75, 3.05) is 6.54 Å². The predicted octanol–water partition coefficient (Wildman–Crippen LogP) is 2.11. The van der Waals surface area contributed by atoms with Gasteiger partial charge in [-0.25, -0.2) is 0 Å². The largest absolute Gasteiger partial charge is 0.481 e. The SMILES string of the molecule is CCC(C)N1CCCC[C@@H]1CC(=O)O. The Morgan fingerprint density at radius 2 is 2.29 bits per heavy atom. The average molecular weight is 199 g/mol. The highest BCUT2D eigenvalue weighted by atomic mass is 16.4. The van der Waals surface area contributed by atoms with Crippen molar-refractivity contribution < 1.29 is 9.90 Å². The number of aliphatic carboxylic acids is 1. The normalized spacial score (nSPS) is 26.0. The van der Waals surface area contributed by atoms with E-state index in [4.69, 9.17) is 5.11 Å². The molecule has 1 aliphatic heterocycles. The summed E-state index contributed by atoms with van der Waals surface area (Å²) < 4.78 is 0. The number of likely N-dealkylation sites (tertiary alicyclic amines) is 1. The third-order valence-electron chi connectivity index (χ3n) is 3.24. The number of hydrogen-bond donors (Lipinski definition) is 1. The van der Waals surface area contributed by atoms with Crippen LogP contribution in [0.5, 0.6) is 0 Å². The molecular formula is C11H21NO2. The van der Waals surface area contributed by atoms with Gasteiger partial charge in [-0.3, -0.25) is 9.69 Å². The van der Waals surface area contributed by atoms with E-state index in [0.717, 1.165) is 19.4 Å². The van der Waals surface area contributed by atoms with Crippen LogP contribution in [0.25, 0.3) is 0 Å². The quantitative estimate of drug-likeness (QED) is 0.754. The van der Waals surface area contributed by atoms with Gasteiger partial charge in [0.25, 0.3) is 0 Å². The Labute approximate surface area is 86.1 Å². The van der Waals surface area contributed by atoms with Gasteiger partial charge in [-0.2, -0.15) is 0 Å². The number of carbonyl (C=O) groups is 1. The summed E-state index contributed by atoms with van der Waals surface area (Å²) in [5.74, 6) is -0.662. The van der Waals surface area contributed by atoms with Crippen molar-refractivity contribution in [1.29, 1.82) is 0 Å². The zero-order valence-electron chi connectivity index (χ0n) is 9.20. The Morgan fingerprint density at radius 3 is 2.86 bits per heavy atom. The second kappa shape index (κ2) is 5.35. The Balaban J connectivity index is 2.54. The second-order valence-electron chi connectivity index (χ2n) is 4.24. The molecule has 1 fully saturated rings. The van der Waals surface area contributed by atoms with E-state index in [1.54, 1.807) is 0 Å². The van der Waals surface area contributed by atoms with Gasteiger partial charge in [-0.15, -0.1) is 0 Å². The first-order valence-electron chi connectivity index (χ1n) is 5.62. The number of hydrogen-bond acceptors (Lipinski definition) is 2. The minimum absolute atomic E-state index is 0.274. The van der Waals surface area contributed by atoms with E-state index in [2.05, 4.69) is 18.7 Å². The van der Waals surface area contributed by atoms with Crippen molar-refractivity contribution in [3.05, 3.63) is 0 Å². The lowest BCUT2D eigenvalue weighted by molar-refractivity contribution is -0.139. The molecule has 14 heavy (non-hydrogen) atoms. The molecule has 1 N–H and O–H groups in total. The van der Waals surface area contributed by atoms with E-state index < -0.39 is 5.97 Å². The average Bonchev–Trinajstić information content (AvgIpc) is 2.16. The molecule has 82 valence electrons. The summed E-state index contributed by atoms with van der Waals surface area (Å²) in [5, 5.41) is 8.81. The van der Waals surface area contributed by atoms with E-state index in [1.165, 1.54) is 12.8 Å². The summed E-state index contributed by atoms with van der Waals surface area (Å²) in [6.45, 7) is 5.43. The third kappa shape index (κ3) is 2.98. The number of carboxylic acids is 1.